The van der Waals surface area contributed by atoms with Crippen molar-refractivity contribution in [2.45, 2.75) is 31.9 Å². The predicted molar refractivity (Wildman–Crippen MR) is 97.6 cm³/mol. The summed E-state index contributed by atoms with van der Waals surface area (Å²) in [7, 11) is 0. The van der Waals surface area contributed by atoms with Gasteiger partial charge >= 0.3 is 0 Å². The maximum atomic E-state index is 12.7. The third-order valence-corrected chi connectivity index (χ3v) is 5.73. The van der Waals surface area contributed by atoms with E-state index in [-0.39, 0.29) is 17.9 Å². The summed E-state index contributed by atoms with van der Waals surface area (Å²) < 4.78 is 5.50. The number of hydrogen-bond acceptors (Lipinski definition) is 4. The Balaban J connectivity index is 1.25. The Morgan fingerprint density at radius 3 is 2.50 bits per heavy atom. The molecule has 2 amide bonds. The molecule has 0 bridgehead atoms. The van der Waals surface area contributed by atoms with Crippen molar-refractivity contribution in [1.82, 2.24) is 14.7 Å². The van der Waals surface area contributed by atoms with Crippen molar-refractivity contribution < 1.29 is 14.3 Å². The van der Waals surface area contributed by atoms with E-state index >= 15 is 0 Å². The smallest absolute Gasteiger partial charge is 0.251 e. The van der Waals surface area contributed by atoms with Gasteiger partial charge in [0.05, 0.1) is 6.54 Å². The van der Waals surface area contributed by atoms with Crippen LogP contribution in [0.3, 0.4) is 0 Å². The second kappa shape index (κ2) is 7.76. The van der Waals surface area contributed by atoms with Crippen LogP contribution >= 0.6 is 0 Å². The van der Waals surface area contributed by atoms with Gasteiger partial charge in [-0.1, -0.05) is 24.3 Å². The van der Waals surface area contributed by atoms with Crippen LogP contribution in [0.15, 0.2) is 24.3 Å². The van der Waals surface area contributed by atoms with E-state index in [1.807, 2.05) is 15.9 Å². The molecule has 2 saturated heterocycles. The van der Waals surface area contributed by atoms with Gasteiger partial charge in [0.15, 0.2) is 0 Å². The molecule has 0 N–H and O–H groups in total. The lowest BCUT2D eigenvalue weighted by Crippen LogP contribution is -2.53. The molecule has 0 saturated carbocycles. The number of fused-ring (bicyclic) bond motifs is 1. The van der Waals surface area contributed by atoms with Crippen LogP contribution in [0, 0.1) is 0 Å². The summed E-state index contributed by atoms with van der Waals surface area (Å²) in [5, 5.41) is 0. The molecule has 1 aromatic carbocycles. The summed E-state index contributed by atoms with van der Waals surface area (Å²) in [5.41, 5.74) is 2.62. The molecule has 4 rings (SSSR count). The van der Waals surface area contributed by atoms with Crippen LogP contribution in [0.5, 0.6) is 0 Å². The number of nitrogens with zero attached hydrogens (tertiary/aromatic N) is 3. The van der Waals surface area contributed by atoms with Crippen LogP contribution < -0.4 is 0 Å². The van der Waals surface area contributed by atoms with Crippen LogP contribution in [-0.2, 0) is 27.3 Å². The van der Waals surface area contributed by atoms with Gasteiger partial charge in [-0.05, 0) is 30.4 Å². The van der Waals surface area contributed by atoms with Gasteiger partial charge in [0, 0.05) is 45.9 Å². The molecule has 3 aliphatic rings. The standard InChI is InChI=1S/C20H27N3O3/c24-19(23-8-7-16-4-1-2-5-17(16)14-23)15-21-9-11-22(12-10-21)20(25)18-6-3-13-26-18/h1-2,4-5,18H,3,6-15H2. The zero-order valence-electron chi connectivity index (χ0n) is 15.2. The number of carbonyl (C=O) groups is 2. The molecule has 1 unspecified atom stereocenters. The Morgan fingerprint density at radius 1 is 1.00 bits per heavy atom. The van der Waals surface area contributed by atoms with E-state index in [2.05, 4.69) is 23.1 Å². The quantitative estimate of drug-likeness (QED) is 0.806. The van der Waals surface area contributed by atoms with E-state index in [9.17, 15) is 9.59 Å². The summed E-state index contributed by atoms with van der Waals surface area (Å²) in [5.74, 6) is 0.319. The maximum absolute atomic E-state index is 12.7. The van der Waals surface area contributed by atoms with Crippen LogP contribution in [0.2, 0.25) is 0 Å². The first-order valence-electron chi connectivity index (χ1n) is 9.68. The minimum Gasteiger partial charge on any atom is -0.368 e. The molecule has 6 nitrogen and oxygen atoms in total. The Kier molecular flexibility index (Phi) is 5.22. The average Bonchev–Trinajstić information content (AvgIpc) is 3.22. The summed E-state index contributed by atoms with van der Waals surface area (Å²) in [6, 6.07) is 8.37. The highest BCUT2D eigenvalue weighted by Crippen LogP contribution is 2.19. The van der Waals surface area contributed by atoms with Crippen LogP contribution in [0.1, 0.15) is 24.0 Å². The van der Waals surface area contributed by atoms with E-state index in [1.165, 1.54) is 11.1 Å². The lowest BCUT2D eigenvalue weighted by Gasteiger charge is -2.37. The normalized spacial score (nSPS) is 23.8. The molecule has 1 atom stereocenters. The second-order valence-corrected chi connectivity index (χ2v) is 7.44. The molecule has 1 aromatic rings. The first kappa shape index (κ1) is 17.5. The first-order chi connectivity index (χ1) is 12.7. The third kappa shape index (κ3) is 3.76. The highest BCUT2D eigenvalue weighted by atomic mass is 16.5. The molecule has 26 heavy (non-hydrogen) atoms. The summed E-state index contributed by atoms with van der Waals surface area (Å²) >= 11 is 0. The minimum atomic E-state index is -0.239. The number of hydrogen-bond donors (Lipinski definition) is 0. The van der Waals surface area contributed by atoms with Crippen molar-refractivity contribution in [2.24, 2.45) is 0 Å². The fourth-order valence-electron chi connectivity index (χ4n) is 4.10. The maximum Gasteiger partial charge on any atom is 0.251 e. The summed E-state index contributed by atoms with van der Waals surface area (Å²) in [4.78, 5) is 31.1. The molecule has 0 aromatic heterocycles. The number of rotatable bonds is 3. The van der Waals surface area contributed by atoms with Gasteiger partial charge in [0.1, 0.15) is 6.10 Å². The Morgan fingerprint density at radius 2 is 1.77 bits per heavy atom. The largest absolute Gasteiger partial charge is 0.368 e. The fraction of sp³-hybridized carbons (Fsp3) is 0.600. The van der Waals surface area contributed by atoms with Crippen LogP contribution in [0.25, 0.3) is 0 Å². The summed E-state index contributed by atoms with van der Waals surface area (Å²) in [6.07, 6.45) is 2.51. The molecule has 0 radical (unpaired) electrons. The van der Waals surface area contributed by atoms with Crippen molar-refractivity contribution in [2.75, 3.05) is 45.9 Å². The highest BCUT2D eigenvalue weighted by Gasteiger charge is 2.31. The first-order valence-corrected chi connectivity index (χ1v) is 9.68. The number of ether oxygens (including phenoxy) is 1. The molecule has 0 aliphatic carbocycles. The molecule has 140 valence electrons. The van der Waals surface area contributed by atoms with Gasteiger partial charge in [0.2, 0.25) is 5.91 Å². The lowest BCUT2D eigenvalue weighted by molar-refractivity contribution is -0.143. The number of piperazine rings is 1. The number of benzene rings is 1. The van der Waals surface area contributed by atoms with Gasteiger partial charge in [-0.3, -0.25) is 14.5 Å². The lowest BCUT2D eigenvalue weighted by atomic mass is 10.00. The minimum absolute atomic E-state index is 0.126. The number of carbonyl (C=O) groups excluding carboxylic acids is 2. The van der Waals surface area contributed by atoms with Crippen LogP contribution in [0.4, 0.5) is 0 Å². The van der Waals surface area contributed by atoms with E-state index in [0.29, 0.717) is 32.8 Å². The topological polar surface area (TPSA) is 53.1 Å². The van der Waals surface area contributed by atoms with E-state index in [1.54, 1.807) is 0 Å². The van der Waals surface area contributed by atoms with Crippen LogP contribution in [-0.4, -0.2) is 78.5 Å². The van der Waals surface area contributed by atoms with Crippen molar-refractivity contribution in [1.29, 1.82) is 0 Å². The van der Waals surface area contributed by atoms with Crippen molar-refractivity contribution in [3.8, 4) is 0 Å². The van der Waals surface area contributed by atoms with Gasteiger partial charge < -0.3 is 14.5 Å². The number of amides is 2. The van der Waals surface area contributed by atoms with E-state index in [0.717, 1.165) is 38.9 Å². The second-order valence-electron chi connectivity index (χ2n) is 7.44. The Bertz CT molecular complexity index is 664. The molecular weight excluding hydrogens is 330 g/mol. The molecule has 6 heteroatoms. The molecule has 3 heterocycles. The van der Waals surface area contributed by atoms with Gasteiger partial charge in [0.25, 0.3) is 5.91 Å². The van der Waals surface area contributed by atoms with Gasteiger partial charge in [-0.25, -0.2) is 0 Å². The van der Waals surface area contributed by atoms with E-state index < -0.39 is 0 Å². The fourth-order valence-corrected chi connectivity index (χ4v) is 4.10. The third-order valence-electron chi connectivity index (χ3n) is 5.73. The molecular formula is C20H27N3O3. The van der Waals surface area contributed by atoms with Crippen molar-refractivity contribution >= 4 is 11.8 Å². The SMILES string of the molecule is O=C(CN1CCN(C(=O)C2CCCO2)CC1)N1CCc2ccccc2C1. The molecule has 0 spiro atoms. The summed E-state index contributed by atoms with van der Waals surface area (Å²) in [6.45, 7) is 5.56. The predicted octanol–water partition coefficient (Wildman–Crippen LogP) is 0.895. The monoisotopic (exact) mass is 357 g/mol. The van der Waals surface area contributed by atoms with E-state index in [4.69, 9.17) is 4.74 Å². The zero-order valence-corrected chi connectivity index (χ0v) is 15.2. The highest BCUT2D eigenvalue weighted by molar-refractivity contribution is 5.81. The Labute approximate surface area is 154 Å². The molecule has 3 aliphatic heterocycles. The van der Waals surface area contributed by atoms with Gasteiger partial charge in [-0.15, -0.1) is 0 Å². The van der Waals surface area contributed by atoms with Crippen molar-refractivity contribution in [3.63, 3.8) is 0 Å². The molecule has 2 fully saturated rings. The average molecular weight is 357 g/mol. The van der Waals surface area contributed by atoms with Gasteiger partial charge in [-0.2, -0.15) is 0 Å². The zero-order chi connectivity index (χ0) is 17.9. The van der Waals surface area contributed by atoms with Crippen molar-refractivity contribution in [3.05, 3.63) is 35.4 Å². The Hall–Kier alpha value is -1.92.